The van der Waals surface area contributed by atoms with Crippen LogP contribution in [0.25, 0.3) is 6.08 Å². The Morgan fingerprint density at radius 3 is 2.48 bits per heavy atom. The summed E-state index contributed by atoms with van der Waals surface area (Å²) in [7, 11) is 3.05. The molecule has 0 spiro atoms. The fourth-order valence-electron chi connectivity index (χ4n) is 2.24. The number of para-hydroxylation sites is 2. The van der Waals surface area contributed by atoms with Crippen molar-refractivity contribution in [3.63, 3.8) is 0 Å². The normalized spacial score (nSPS) is 11.7. The molecule has 0 fully saturated rings. The second-order valence-corrected chi connectivity index (χ2v) is 6.40. The average Bonchev–Trinajstić information content (AvgIpc) is 2.66. The third-order valence-electron chi connectivity index (χ3n) is 3.62. The van der Waals surface area contributed by atoms with E-state index in [-0.39, 0.29) is 0 Å². The first-order valence-corrected chi connectivity index (χ1v) is 8.90. The summed E-state index contributed by atoms with van der Waals surface area (Å²) in [6, 6.07) is 12.4. The molecule has 2 aromatic rings. The minimum absolute atomic E-state index is 0.457. The van der Waals surface area contributed by atoms with Crippen molar-refractivity contribution < 1.29 is 23.8 Å². The number of anilines is 1. The van der Waals surface area contributed by atoms with Gasteiger partial charge in [-0.15, -0.1) is 0 Å². The largest absolute Gasteiger partial charge is 0.496 e. The highest BCUT2D eigenvalue weighted by Gasteiger charge is 2.18. The molecule has 1 amide bonds. The number of amides is 1. The van der Waals surface area contributed by atoms with Crippen LogP contribution in [0, 0.1) is 0 Å². The molecule has 1 unspecified atom stereocenters. The van der Waals surface area contributed by atoms with E-state index in [1.807, 2.05) is 6.07 Å². The van der Waals surface area contributed by atoms with Crippen LogP contribution in [-0.4, -0.2) is 32.2 Å². The van der Waals surface area contributed by atoms with Crippen LogP contribution in [-0.2, 0) is 14.3 Å². The number of methoxy groups -OCH3 is 2. The molecular weight excluding hydrogens is 414 g/mol. The molecule has 0 radical (unpaired) electrons. The lowest BCUT2D eigenvalue weighted by molar-refractivity contribution is -0.148. The van der Waals surface area contributed by atoms with E-state index >= 15 is 0 Å². The molecule has 0 saturated carbocycles. The monoisotopic (exact) mass is 433 g/mol. The van der Waals surface area contributed by atoms with Gasteiger partial charge in [-0.1, -0.05) is 28.1 Å². The Bertz CT molecular complexity index is 850. The van der Waals surface area contributed by atoms with Crippen molar-refractivity contribution in [1.82, 2.24) is 0 Å². The fraction of sp³-hybridized carbons (Fsp3) is 0.200. The fourth-order valence-corrected chi connectivity index (χ4v) is 2.62. The highest BCUT2D eigenvalue weighted by Crippen LogP contribution is 2.25. The van der Waals surface area contributed by atoms with Gasteiger partial charge in [-0.3, -0.25) is 4.79 Å². The summed E-state index contributed by atoms with van der Waals surface area (Å²) in [5, 5.41) is 2.67. The number of ether oxygens (including phenoxy) is 3. The first-order valence-electron chi connectivity index (χ1n) is 8.10. The Hall–Kier alpha value is -2.80. The maximum absolute atomic E-state index is 12.2. The van der Waals surface area contributed by atoms with E-state index in [2.05, 4.69) is 21.2 Å². The molecule has 142 valence electrons. The summed E-state index contributed by atoms with van der Waals surface area (Å²) in [5.41, 5.74) is 1.21. The maximum atomic E-state index is 12.2. The number of carbonyl (C=O) groups is 2. The zero-order chi connectivity index (χ0) is 19.8. The van der Waals surface area contributed by atoms with Crippen molar-refractivity contribution in [1.29, 1.82) is 0 Å². The minimum Gasteiger partial charge on any atom is -0.496 e. The lowest BCUT2D eigenvalue weighted by atomic mass is 10.2. The van der Waals surface area contributed by atoms with E-state index in [1.54, 1.807) is 49.6 Å². The van der Waals surface area contributed by atoms with Gasteiger partial charge < -0.3 is 19.5 Å². The van der Waals surface area contributed by atoms with Crippen LogP contribution >= 0.6 is 15.9 Å². The zero-order valence-corrected chi connectivity index (χ0v) is 16.8. The van der Waals surface area contributed by atoms with Crippen molar-refractivity contribution in [3.8, 4) is 11.5 Å². The van der Waals surface area contributed by atoms with Crippen LogP contribution in [0.2, 0.25) is 0 Å². The Labute approximate surface area is 166 Å². The second kappa shape index (κ2) is 9.78. The summed E-state index contributed by atoms with van der Waals surface area (Å²) in [6.07, 6.45) is 1.84. The van der Waals surface area contributed by atoms with E-state index < -0.39 is 18.0 Å². The molecule has 2 aromatic carbocycles. The molecule has 2 rings (SSSR count). The average molecular weight is 434 g/mol. The number of esters is 1. The first-order chi connectivity index (χ1) is 12.9. The first kappa shape index (κ1) is 20.5. The summed E-state index contributed by atoms with van der Waals surface area (Å²) in [5.74, 6) is 0.0382. The van der Waals surface area contributed by atoms with Crippen molar-refractivity contribution in [2.45, 2.75) is 13.0 Å². The molecule has 0 saturated heterocycles. The maximum Gasteiger partial charge on any atom is 0.331 e. The number of halogens is 1. The molecule has 0 heterocycles. The lowest BCUT2D eigenvalue weighted by Crippen LogP contribution is -2.29. The standard InChI is InChI=1S/C20H20BrNO5/c1-13(20(24)22-16-6-4-5-7-18(16)26-3)27-19(23)11-8-14-12-15(21)9-10-17(14)25-2/h4-13H,1-3H3,(H,22,24)/b11-8+. The molecule has 6 nitrogen and oxygen atoms in total. The Balaban J connectivity index is 1.98. The summed E-state index contributed by atoms with van der Waals surface area (Å²) >= 11 is 3.37. The van der Waals surface area contributed by atoms with Gasteiger partial charge in [-0.25, -0.2) is 4.79 Å². The summed E-state index contributed by atoms with van der Waals surface area (Å²) < 4.78 is 16.4. The van der Waals surface area contributed by atoms with Crippen molar-refractivity contribution in [2.24, 2.45) is 0 Å². The van der Waals surface area contributed by atoms with Gasteiger partial charge in [0.2, 0.25) is 0 Å². The number of rotatable bonds is 7. The summed E-state index contributed by atoms with van der Waals surface area (Å²) in [6.45, 7) is 1.50. The van der Waals surface area contributed by atoms with Crippen LogP contribution in [0.4, 0.5) is 5.69 Å². The lowest BCUT2D eigenvalue weighted by Gasteiger charge is -2.14. The van der Waals surface area contributed by atoms with Gasteiger partial charge >= 0.3 is 5.97 Å². The van der Waals surface area contributed by atoms with Crippen LogP contribution in [0.15, 0.2) is 53.0 Å². The Morgan fingerprint density at radius 2 is 1.78 bits per heavy atom. The molecule has 7 heteroatoms. The molecule has 0 aliphatic heterocycles. The second-order valence-electron chi connectivity index (χ2n) is 5.49. The number of hydrogen-bond acceptors (Lipinski definition) is 5. The van der Waals surface area contributed by atoms with Crippen molar-refractivity contribution >= 4 is 39.6 Å². The topological polar surface area (TPSA) is 73.9 Å². The molecule has 0 aliphatic carbocycles. The number of nitrogens with one attached hydrogen (secondary N) is 1. The SMILES string of the molecule is COc1ccc(Br)cc1/C=C/C(=O)OC(C)C(=O)Nc1ccccc1OC. The van der Waals surface area contributed by atoms with Crippen LogP contribution in [0.1, 0.15) is 12.5 Å². The van der Waals surface area contributed by atoms with Gasteiger partial charge in [0.25, 0.3) is 5.91 Å². The van der Waals surface area contributed by atoms with E-state index in [0.29, 0.717) is 22.7 Å². The van der Waals surface area contributed by atoms with E-state index in [0.717, 1.165) is 4.47 Å². The van der Waals surface area contributed by atoms with Gasteiger partial charge in [0.15, 0.2) is 6.10 Å². The van der Waals surface area contributed by atoms with Crippen molar-refractivity contribution in [3.05, 3.63) is 58.6 Å². The van der Waals surface area contributed by atoms with Gasteiger partial charge in [0.1, 0.15) is 11.5 Å². The third-order valence-corrected chi connectivity index (χ3v) is 4.11. The van der Waals surface area contributed by atoms with Crippen LogP contribution < -0.4 is 14.8 Å². The zero-order valence-electron chi connectivity index (χ0n) is 15.2. The highest BCUT2D eigenvalue weighted by molar-refractivity contribution is 9.10. The van der Waals surface area contributed by atoms with Gasteiger partial charge in [0.05, 0.1) is 19.9 Å². The van der Waals surface area contributed by atoms with Crippen LogP contribution in [0.5, 0.6) is 11.5 Å². The van der Waals surface area contributed by atoms with E-state index in [1.165, 1.54) is 20.1 Å². The van der Waals surface area contributed by atoms with Gasteiger partial charge in [0, 0.05) is 16.1 Å². The molecule has 0 bridgehead atoms. The van der Waals surface area contributed by atoms with Crippen LogP contribution in [0.3, 0.4) is 0 Å². The smallest absolute Gasteiger partial charge is 0.331 e. The van der Waals surface area contributed by atoms with E-state index in [9.17, 15) is 9.59 Å². The molecule has 1 N–H and O–H groups in total. The third kappa shape index (κ3) is 5.86. The number of carbonyl (C=O) groups excluding carboxylic acids is 2. The van der Waals surface area contributed by atoms with Gasteiger partial charge in [-0.05, 0) is 43.3 Å². The Kier molecular flexibility index (Phi) is 7.43. The van der Waals surface area contributed by atoms with E-state index in [4.69, 9.17) is 14.2 Å². The van der Waals surface area contributed by atoms with Crippen molar-refractivity contribution in [2.75, 3.05) is 19.5 Å². The van der Waals surface area contributed by atoms with Gasteiger partial charge in [-0.2, -0.15) is 0 Å². The molecular formula is C20H20BrNO5. The number of hydrogen-bond donors (Lipinski definition) is 1. The molecule has 0 aromatic heterocycles. The predicted molar refractivity (Wildman–Crippen MR) is 107 cm³/mol. The summed E-state index contributed by atoms with van der Waals surface area (Å²) in [4.78, 5) is 24.3. The highest BCUT2D eigenvalue weighted by atomic mass is 79.9. The Morgan fingerprint density at radius 1 is 1.07 bits per heavy atom. The molecule has 0 aliphatic rings. The molecule has 27 heavy (non-hydrogen) atoms. The predicted octanol–water partition coefficient (Wildman–Crippen LogP) is 4.05. The molecule has 1 atom stereocenters. The quantitative estimate of drug-likeness (QED) is 0.526. The number of benzene rings is 2. The minimum atomic E-state index is -0.975.